The van der Waals surface area contributed by atoms with E-state index in [1.807, 2.05) is 103 Å². The fourth-order valence-electron chi connectivity index (χ4n) is 4.77. The van der Waals surface area contributed by atoms with Gasteiger partial charge in [-0.1, -0.05) is 103 Å². The second-order valence-electron chi connectivity index (χ2n) is 9.61. The summed E-state index contributed by atoms with van der Waals surface area (Å²) in [6.07, 6.45) is 2.30. The molecule has 4 aromatic carbocycles. The molecule has 0 atom stereocenters. The van der Waals surface area contributed by atoms with E-state index in [0.29, 0.717) is 18.8 Å². The minimum absolute atomic E-state index is 0.236. The number of furan rings is 1. The van der Waals surface area contributed by atoms with Crippen molar-refractivity contribution in [1.29, 1.82) is 0 Å². The number of hydrogen-bond acceptors (Lipinski definition) is 5. The first kappa shape index (κ1) is 25.8. The van der Waals surface area contributed by atoms with Crippen LogP contribution in [0.25, 0.3) is 33.6 Å². The smallest absolute Gasteiger partial charge is 0.319 e. The molecule has 41 heavy (non-hydrogen) atoms. The van der Waals surface area contributed by atoms with Crippen LogP contribution in [0.4, 0.5) is 16.3 Å². The molecule has 0 spiro atoms. The summed E-state index contributed by atoms with van der Waals surface area (Å²) >= 11 is 0. The van der Waals surface area contributed by atoms with Gasteiger partial charge in [-0.15, -0.1) is 0 Å². The number of amides is 2. The molecule has 0 saturated heterocycles. The first-order chi connectivity index (χ1) is 20.2. The summed E-state index contributed by atoms with van der Waals surface area (Å²) in [5.74, 6) is 1.50. The molecule has 0 saturated carbocycles. The Morgan fingerprint density at radius 3 is 2.07 bits per heavy atom. The summed E-state index contributed by atoms with van der Waals surface area (Å²) in [6, 6.07) is 37.7. The largest absolute Gasteiger partial charge is 0.437 e. The monoisotopic (exact) mass is 539 g/mol. The standard InChI is InChI=1S/C34H29N5O2/c40-34(36-22-25-10-4-1-5-11-25)39-28-18-16-24(17-19-28)20-21-35-32-30-29(26-12-6-2-7-13-26)31(27-14-8-3-9-15-27)41-33(30)38-23-37-32/h1-19,23H,20-22H2,(H,35,37,38)(H2,36,39,40). The van der Waals surface area contributed by atoms with Crippen molar-refractivity contribution in [2.45, 2.75) is 13.0 Å². The van der Waals surface area contributed by atoms with Crippen LogP contribution in [0, 0.1) is 0 Å². The van der Waals surface area contributed by atoms with Gasteiger partial charge in [0.2, 0.25) is 5.71 Å². The van der Waals surface area contributed by atoms with Crippen LogP contribution in [0.15, 0.2) is 126 Å². The van der Waals surface area contributed by atoms with Gasteiger partial charge in [0.1, 0.15) is 17.9 Å². The summed E-state index contributed by atoms with van der Waals surface area (Å²) in [4.78, 5) is 21.3. The molecule has 0 radical (unpaired) electrons. The van der Waals surface area contributed by atoms with E-state index in [0.717, 1.165) is 56.9 Å². The van der Waals surface area contributed by atoms with Crippen molar-refractivity contribution in [1.82, 2.24) is 15.3 Å². The van der Waals surface area contributed by atoms with E-state index in [1.165, 1.54) is 6.33 Å². The Labute approximate surface area is 238 Å². The maximum Gasteiger partial charge on any atom is 0.319 e. The van der Waals surface area contributed by atoms with E-state index in [1.54, 1.807) is 0 Å². The highest BCUT2D eigenvalue weighted by atomic mass is 16.3. The predicted molar refractivity (Wildman–Crippen MR) is 164 cm³/mol. The lowest BCUT2D eigenvalue weighted by Crippen LogP contribution is -2.28. The third kappa shape index (κ3) is 6.09. The van der Waals surface area contributed by atoms with E-state index in [4.69, 9.17) is 4.42 Å². The molecule has 2 aromatic heterocycles. The Morgan fingerprint density at radius 1 is 0.707 bits per heavy atom. The molecule has 2 heterocycles. The van der Waals surface area contributed by atoms with E-state index in [9.17, 15) is 4.79 Å². The van der Waals surface area contributed by atoms with Crippen LogP contribution in [-0.2, 0) is 13.0 Å². The normalized spacial score (nSPS) is 10.8. The fourth-order valence-corrected chi connectivity index (χ4v) is 4.77. The summed E-state index contributed by atoms with van der Waals surface area (Å²) in [5.41, 5.74) is 6.46. The summed E-state index contributed by atoms with van der Waals surface area (Å²) < 4.78 is 6.30. The number of carbonyl (C=O) groups excluding carboxylic acids is 1. The Hall–Kier alpha value is -5.43. The van der Waals surface area contributed by atoms with Crippen LogP contribution in [0.5, 0.6) is 0 Å². The van der Waals surface area contributed by atoms with Crippen molar-refractivity contribution in [2.24, 2.45) is 0 Å². The molecular formula is C34H29N5O2. The van der Waals surface area contributed by atoms with Gasteiger partial charge < -0.3 is 20.4 Å². The van der Waals surface area contributed by atoms with E-state index in [-0.39, 0.29) is 6.03 Å². The number of fused-ring (bicyclic) bond motifs is 1. The van der Waals surface area contributed by atoms with Gasteiger partial charge in [-0.3, -0.25) is 0 Å². The molecular weight excluding hydrogens is 510 g/mol. The molecule has 2 amide bonds. The van der Waals surface area contributed by atoms with Crippen molar-refractivity contribution >= 4 is 28.6 Å². The predicted octanol–water partition coefficient (Wildman–Crippen LogP) is 7.53. The average Bonchev–Trinajstić information content (AvgIpc) is 3.43. The maximum atomic E-state index is 12.3. The quantitative estimate of drug-likeness (QED) is 0.177. The third-order valence-electron chi connectivity index (χ3n) is 6.80. The van der Waals surface area contributed by atoms with Crippen LogP contribution in [0.3, 0.4) is 0 Å². The van der Waals surface area contributed by atoms with Gasteiger partial charge >= 0.3 is 6.03 Å². The van der Waals surface area contributed by atoms with Crippen LogP contribution in [0.2, 0.25) is 0 Å². The number of hydrogen-bond donors (Lipinski definition) is 3. The third-order valence-corrected chi connectivity index (χ3v) is 6.80. The van der Waals surface area contributed by atoms with E-state index < -0.39 is 0 Å². The molecule has 7 heteroatoms. The molecule has 0 aliphatic heterocycles. The fraction of sp³-hybridized carbons (Fsp3) is 0.0882. The molecule has 0 aliphatic carbocycles. The number of nitrogens with zero attached hydrogens (tertiary/aromatic N) is 2. The number of rotatable bonds is 9. The molecule has 6 rings (SSSR count). The van der Waals surface area contributed by atoms with Gasteiger partial charge in [0, 0.05) is 29.9 Å². The molecule has 0 unspecified atom stereocenters. The van der Waals surface area contributed by atoms with Crippen molar-refractivity contribution in [3.05, 3.63) is 133 Å². The molecule has 7 nitrogen and oxygen atoms in total. The van der Waals surface area contributed by atoms with Gasteiger partial charge in [-0.2, -0.15) is 0 Å². The molecule has 3 N–H and O–H groups in total. The van der Waals surface area contributed by atoms with Crippen LogP contribution < -0.4 is 16.0 Å². The molecule has 0 aliphatic rings. The minimum Gasteiger partial charge on any atom is -0.437 e. The highest BCUT2D eigenvalue weighted by molar-refractivity contribution is 6.05. The zero-order valence-corrected chi connectivity index (χ0v) is 22.4. The second kappa shape index (κ2) is 12.2. The van der Waals surface area contributed by atoms with Crippen molar-refractivity contribution in [3.8, 4) is 22.5 Å². The zero-order valence-electron chi connectivity index (χ0n) is 22.4. The number of carbonyl (C=O) groups is 1. The topological polar surface area (TPSA) is 92.1 Å². The summed E-state index contributed by atoms with van der Waals surface area (Å²) in [7, 11) is 0. The Bertz CT molecular complexity index is 1740. The highest BCUT2D eigenvalue weighted by Crippen LogP contribution is 2.42. The lowest BCUT2D eigenvalue weighted by Gasteiger charge is -2.10. The van der Waals surface area contributed by atoms with Crippen LogP contribution in [0.1, 0.15) is 11.1 Å². The Kier molecular flexibility index (Phi) is 7.67. The van der Waals surface area contributed by atoms with Gasteiger partial charge in [0.05, 0.1) is 5.39 Å². The first-order valence-corrected chi connectivity index (χ1v) is 13.5. The van der Waals surface area contributed by atoms with Gasteiger partial charge in [0.25, 0.3) is 0 Å². The van der Waals surface area contributed by atoms with Gasteiger partial charge in [0.15, 0.2) is 0 Å². The maximum absolute atomic E-state index is 12.3. The summed E-state index contributed by atoms with van der Waals surface area (Å²) in [5, 5.41) is 10.1. The molecule has 0 bridgehead atoms. The highest BCUT2D eigenvalue weighted by Gasteiger charge is 2.21. The van der Waals surface area contributed by atoms with E-state index >= 15 is 0 Å². The number of anilines is 2. The lowest BCUT2D eigenvalue weighted by molar-refractivity contribution is 0.251. The van der Waals surface area contributed by atoms with Crippen molar-refractivity contribution in [2.75, 3.05) is 17.2 Å². The van der Waals surface area contributed by atoms with Crippen LogP contribution >= 0.6 is 0 Å². The van der Waals surface area contributed by atoms with E-state index in [2.05, 4.69) is 38.1 Å². The Balaban J connectivity index is 1.14. The number of urea groups is 1. The van der Waals surface area contributed by atoms with Gasteiger partial charge in [-0.25, -0.2) is 14.8 Å². The minimum atomic E-state index is -0.236. The first-order valence-electron chi connectivity index (χ1n) is 13.5. The van der Waals surface area contributed by atoms with Crippen molar-refractivity contribution < 1.29 is 9.21 Å². The SMILES string of the molecule is O=C(NCc1ccccc1)Nc1ccc(CCNc2ncnc3oc(-c4ccccc4)c(-c4ccccc4)c23)cc1. The Morgan fingerprint density at radius 2 is 1.37 bits per heavy atom. The average molecular weight is 540 g/mol. The lowest BCUT2D eigenvalue weighted by atomic mass is 9.99. The second-order valence-corrected chi connectivity index (χ2v) is 9.61. The molecule has 6 aromatic rings. The molecule has 202 valence electrons. The molecule has 0 fully saturated rings. The van der Waals surface area contributed by atoms with Crippen LogP contribution in [-0.4, -0.2) is 22.5 Å². The number of aromatic nitrogens is 2. The zero-order chi connectivity index (χ0) is 27.9. The number of nitrogens with one attached hydrogen (secondary N) is 3. The number of benzene rings is 4. The van der Waals surface area contributed by atoms with Crippen molar-refractivity contribution in [3.63, 3.8) is 0 Å². The summed E-state index contributed by atoms with van der Waals surface area (Å²) in [6.45, 7) is 1.14. The van der Waals surface area contributed by atoms with Gasteiger partial charge in [-0.05, 0) is 35.2 Å².